The molecule has 0 unspecified atom stereocenters. The number of nitrogens with zero attached hydrogens (tertiary/aromatic N) is 4. The number of aliphatic imine (C=N–C) groups is 1. The number of hydrogen-bond donors (Lipinski definition) is 1. The van der Waals surface area contributed by atoms with Crippen LogP contribution < -0.4 is 10.6 Å². The molecule has 3 rings (SSSR count). The van der Waals surface area contributed by atoms with Crippen LogP contribution in [0.2, 0.25) is 0 Å². The Morgan fingerprint density at radius 2 is 1.78 bits per heavy atom. The summed E-state index contributed by atoms with van der Waals surface area (Å²) in [4.78, 5) is 22.8. The van der Waals surface area contributed by atoms with E-state index in [-0.39, 0.29) is 11.7 Å². The van der Waals surface area contributed by atoms with Crippen molar-refractivity contribution in [3.8, 4) is 0 Å². The number of benzene rings is 1. The van der Waals surface area contributed by atoms with Crippen molar-refractivity contribution < 1.29 is 9.18 Å². The fourth-order valence-electron chi connectivity index (χ4n) is 3.68. The van der Waals surface area contributed by atoms with Gasteiger partial charge >= 0.3 is 0 Å². The molecule has 0 radical (unpaired) electrons. The Morgan fingerprint density at radius 1 is 1.04 bits per heavy atom. The van der Waals surface area contributed by atoms with Crippen LogP contribution in [0.5, 0.6) is 0 Å². The molecule has 1 amide bonds. The molecular weight excluding hydrogens is 345 g/mol. The van der Waals surface area contributed by atoms with Crippen LogP contribution in [-0.4, -0.2) is 67.5 Å². The Kier molecular flexibility index (Phi) is 6.90. The number of nitrogens with two attached hydrogens (primary N) is 1. The zero-order valence-electron chi connectivity index (χ0n) is 15.9. The minimum absolute atomic E-state index is 0.212. The second-order valence-electron chi connectivity index (χ2n) is 7.24. The lowest BCUT2D eigenvalue weighted by atomic mass is 10.2. The Morgan fingerprint density at radius 3 is 2.52 bits per heavy atom. The van der Waals surface area contributed by atoms with Crippen LogP contribution in [0.3, 0.4) is 0 Å². The zero-order chi connectivity index (χ0) is 19.1. The van der Waals surface area contributed by atoms with Crippen molar-refractivity contribution in [3.63, 3.8) is 0 Å². The van der Waals surface area contributed by atoms with Crippen LogP contribution in [0.25, 0.3) is 0 Å². The lowest BCUT2D eigenvalue weighted by Gasteiger charge is -2.36. The summed E-state index contributed by atoms with van der Waals surface area (Å²) in [6.45, 7) is 5.58. The molecule has 148 valence electrons. The molecule has 0 aliphatic carbocycles. The van der Waals surface area contributed by atoms with Gasteiger partial charge in [-0.15, -0.1) is 0 Å². The van der Waals surface area contributed by atoms with E-state index in [0.29, 0.717) is 18.9 Å². The number of anilines is 1. The summed E-state index contributed by atoms with van der Waals surface area (Å²) in [5.74, 6) is 0.646. The predicted octanol–water partition coefficient (Wildman–Crippen LogP) is 2.06. The van der Waals surface area contributed by atoms with Gasteiger partial charge in [-0.3, -0.25) is 9.79 Å². The molecule has 2 N–H and O–H groups in total. The average Bonchev–Trinajstić information content (AvgIpc) is 2.90. The summed E-state index contributed by atoms with van der Waals surface area (Å²) >= 11 is 0. The minimum atomic E-state index is -0.212. The highest BCUT2D eigenvalue weighted by atomic mass is 19.1. The molecule has 0 bridgehead atoms. The molecule has 1 aromatic carbocycles. The number of rotatable bonds is 5. The van der Waals surface area contributed by atoms with E-state index in [1.165, 1.54) is 12.1 Å². The van der Waals surface area contributed by atoms with Crippen LogP contribution in [0.15, 0.2) is 29.3 Å². The molecule has 1 aromatic rings. The van der Waals surface area contributed by atoms with E-state index < -0.39 is 0 Å². The van der Waals surface area contributed by atoms with Gasteiger partial charge in [0.2, 0.25) is 5.91 Å². The van der Waals surface area contributed by atoms with E-state index in [1.54, 1.807) is 0 Å². The first-order chi connectivity index (χ1) is 13.1. The van der Waals surface area contributed by atoms with Crippen LogP contribution in [0, 0.1) is 5.82 Å². The van der Waals surface area contributed by atoms with E-state index >= 15 is 0 Å². The van der Waals surface area contributed by atoms with E-state index in [4.69, 9.17) is 5.73 Å². The first-order valence-corrected chi connectivity index (χ1v) is 9.96. The molecule has 0 spiro atoms. The largest absolute Gasteiger partial charge is 0.370 e. The predicted molar refractivity (Wildman–Crippen MR) is 106 cm³/mol. The summed E-state index contributed by atoms with van der Waals surface area (Å²) in [7, 11) is 0. The number of guanidine groups is 1. The summed E-state index contributed by atoms with van der Waals surface area (Å²) in [5, 5.41) is 0. The zero-order valence-corrected chi connectivity index (χ0v) is 15.9. The summed E-state index contributed by atoms with van der Waals surface area (Å²) in [6, 6.07) is 6.61. The third kappa shape index (κ3) is 5.58. The monoisotopic (exact) mass is 375 g/mol. The second kappa shape index (κ2) is 9.58. The number of halogens is 1. The molecule has 0 atom stereocenters. The number of carbonyl (C=O) groups excluding carboxylic acids is 1. The topological polar surface area (TPSA) is 65.2 Å². The molecule has 6 nitrogen and oxygen atoms in total. The maximum atomic E-state index is 13.0. The number of hydrogen-bond acceptors (Lipinski definition) is 3. The van der Waals surface area contributed by atoms with Crippen LogP contribution >= 0.6 is 0 Å². The Balaban J connectivity index is 1.40. The minimum Gasteiger partial charge on any atom is -0.370 e. The normalized spacial score (nSPS) is 19.4. The van der Waals surface area contributed by atoms with Gasteiger partial charge in [-0.2, -0.15) is 0 Å². The van der Waals surface area contributed by atoms with Crippen LogP contribution in [0.4, 0.5) is 10.1 Å². The van der Waals surface area contributed by atoms with E-state index in [0.717, 1.165) is 70.6 Å². The second-order valence-corrected chi connectivity index (χ2v) is 7.24. The maximum absolute atomic E-state index is 13.0. The van der Waals surface area contributed by atoms with Crippen molar-refractivity contribution in [1.82, 2.24) is 9.80 Å². The molecule has 2 aliphatic heterocycles. The molecule has 2 saturated heterocycles. The van der Waals surface area contributed by atoms with Gasteiger partial charge in [0.25, 0.3) is 0 Å². The van der Waals surface area contributed by atoms with E-state index in [2.05, 4.69) is 14.8 Å². The molecule has 27 heavy (non-hydrogen) atoms. The highest BCUT2D eigenvalue weighted by molar-refractivity contribution is 5.78. The fourth-order valence-corrected chi connectivity index (χ4v) is 3.68. The molecule has 2 heterocycles. The number of piperazine rings is 1. The van der Waals surface area contributed by atoms with Crippen LogP contribution in [0.1, 0.15) is 32.1 Å². The molecular formula is C20H30FN5O. The number of likely N-dealkylation sites (tertiary alicyclic amines) is 1. The van der Waals surface area contributed by atoms with Crippen LogP contribution in [-0.2, 0) is 4.79 Å². The van der Waals surface area contributed by atoms with Gasteiger partial charge in [-0.05, 0) is 43.5 Å². The first-order valence-electron chi connectivity index (χ1n) is 9.96. The van der Waals surface area contributed by atoms with Crippen molar-refractivity contribution >= 4 is 17.6 Å². The van der Waals surface area contributed by atoms with Crippen molar-refractivity contribution in [2.75, 3.05) is 50.7 Å². The summed E-state index contributed by atoms with van der Waals surface area (Å²) in [5.41, 5.74) is 7.19. The number of amides is 1. The molecule has 2 aliphatic rings. The highest BCUT2D eigenvalue weighted by Gasteiger charge is 2.19. The van der Waals surface area contributed by atoms with Crippen molar-refractivity contribution in [1.29, 1.82) is 0 Å². The smallest absolute Gasteiger partial charge is 0.222 e. The van der Waals surface area contributed by atoms with Gasteiger partial charge in [0.15, 0.2) is 5.96 Å². The molecule has 7 heteroatoms. The molecule has 0 aromatic heterocycles. The summed E-state index contributed by atoms with van der Waals surface area (Å²) in [6.07, 6.45) is 4.81. The lowest BCUT2D eigenvalue weighted by Crippen LogP contribution is -2.51. The third-order valence-electron chi connectivity index (χ3n) is 5.33. The van der Waals surface area contributed by atoms with Crippen molar-refractivity contribution in [2.45, 2.75) is 32.1 Å². The molecule has 0 saturated carbocycles. The Hall–Kier alpha value is -2.31. The van der Waals surface area contributed by atoms with Gasteiger partial charge in [-0.25, -0.2) is 4.39 Å². The average molecular weight is 375 g/mol. The van der Waals surface area contributed by atoms with Gasteiger partial charge in [0, 0.05) is 57.9 Å². The standard InChI is InChI=1S/C20H30FN5O/c21-17-6-8-18(9-7-17)24-13-15-26(16-14-24)20(22)23-10-4-12-25-11-3-1-2-5-19(25)27/h6-9H,1-5,10-16H2,(H2,22,23). The lowest BCUT2D eigenvalue weighted by molar-refractivity contribution is -0.130. The van der Waals surface area contributed by atoms with E-state index in [1.807, 2.05) is 17.0 Å². The van der Waals surface area contributed by atoms with Gasteiger partial charge < -0.3 is 20.4 Å². The van der Waals surface area contributed by atoms with Gasteiger partial charge in [0.1, 0.15) is 5.82 Å². The Bertz CT molecular complexity index is 640. The number of carbonyl (C=O) groups is 1. The SMILES string of the molecule is NC(=NCCCN1CCCCCC1=O)N1CCN(c2ccc(F)cc2)CC1. The Labute approximate surface area is 160 Å². The molecule has 2 fully saturated rings. The van der Waals surface area contributed by atoms with Crippen molar-refractivity contribution in [2.24, 2.45) is 10.7 Å². The van der Waals surface area contributed by atoms with Crippen molar-refractivity contribution in [3.05, 3.63) is 30.1 Å². The van der Waals surface area contributed by atoms with Gasteiger partial charge in [0.05, 0.1) is 0 Å². The maximum Gasteiger partial charge on any atom is 0.222 e. The van der Waals surface area contributed by atoms with E-state index in [9.17, 15) is 9.18 Å². The quantitative estimate of drug-likeness (QED) is 0.486. The fraction of sp³-hybridized carbons (Fsp3) is 0.600. The third-order valence-corrected chi connectivity index (χ3v) is 5.33. The highest BCUT2D eigenvalue weighted by Crippen LogP contribution is 2.17. The van der Waals surface area contributed by atoms with Gasteiger partial charge in [-0.1, -0.05) is 6.42 Å². The summed E-state index contributed by atoms with van der Waals surface area (Å²) < 4.78 is 13.0. The first kappa shape index (κ1) is 19.5.